The van der Waals surface area contributed by atoms with Gasteiger partial charge in [-0.15, -0.1) is 0 Å². The Bertz CT molecular complexity index is 1170. The molecule has 0 saturated carbocycles. The molecule has 138 valence electrons. The lowest BCUT2D eigenvalue weighted by atomic mass is 9.82. The van der Waals surface area contributed by atoms with Gasteiger partial charge in [-0.3, -0.25) is 19.7 Å². The van der Waals surface area contributed by atoms with Crippen molar-refractivity contribution >= 4 is 28.6 Å². The van der Waals surface area contributed by atoms with Gasteiger partial charge in [0.15, 0.2) is 11.6 Å². The van der Waals surface area contributed by atoms with Gasteiger partial charge in [0, 0.05) is 16.8 Å². The van der Waals surface area contributed by atoms with Crippen molar-refractivity contribution in [1.29, 1.82) is 0 Å². The molecular weight excluding hydrogens is 364 g/mol. The average molecular weight is 376 g/mol. The number of rotatable bonds is 3. The van der Waals surface area contributed by atoms with Gasteiger partial charge in [0.1, 0.15) is 17.2 Å². The number of nitrogens with zero attached hydrogens (tertiary/aromatic N) is 1. The van der Waals surface area contributed by atoms with Gasteiger partial charge in [-0.1, -0.05) is 18.2 Å². The van der Waals surface area contributed by atoms with Gasteiger partial charge in [0.05, 0.1) is 22.1 Å². The summed E-state index contributed by atoms with van der Waals surface area (Å²) in [5, 5.41) is 34.4. The zero-order valence-electron chi connectivity index (χ0n) is 14.2. The Morgan fingerprint density at radius 1 is 0.857 bits per heavy atom. The molecular formula is C20H12N2O6. The van der Waals surface area contributed by atoms with Gasteiger partial charge in [-0.2, -0.15) is 0 Å². The van der Waals surface area contributed by atoms with Crippen LogP contribution in [0.4, 0.5) is 17.1 Å². The molecule has 0 aliphatic heterocycles. The first-order chi connectivity index (χ1) is 13.4. The maximum Gasteiger partial charge on any atom is 0.297 e. The normalized spacial score (nSPS) is 12.3. The summed E-state index contributed by atoms with van der Waals surface area (Å²) in [6, 6.07) is 12.9. The van der Waals surface area contributed by atoms with Crippen molar-refractivity contribution < 1.29 is 24.7 Å². The van der Waals surface area contributed by atoms with E-state index in [4.69, 9.17) is 0 Å². The number of carbonyl (C=O) groups excluding carboxylic acids is 2. The maximum atomic E-state index is 13.1. The lowest BCUT2D eigenvalue weighted by Gasteiger charge is -2.22. The third-order valence-corrected chi connectivity index (χ3v) is 4.47. The van der Waals surface area contributed by atoms with Crippen molar-refractivity contribution in [2.24, 2.45) is 0 Å². The van der Waals surface area contributed by atoms with E-state index in [1.807, 2.05) is 0 Å². The van der Waals surface area contributed by atoms with Crippen LogP contribution in [-0.4, -0.2) is 26.7 Å². The van der Waals surface area contributed by atoms with Gasteiger partial charge >= 0.3 is 0 Å². The molecule has 28 heavy (non-hydrogen) atoms. The standard InChI is InChI=1S/C20H12N2O6/c23-11-6-7-12-13(8-11)20(26)17-16(19(12)25)15(24)9-14(22(27)28)18(17)21-10-4-2-1-3-5-10/h1-9,21,23-24H. The van der Waals surface area contributed by atoms with Crippen LogP contribution in [0, 0.1) is 10.1 Å². The summed E-state index contributed by atoms with van der Waals surface area (Å²) in [6.45, 7) is 0. The number of hydrogen-bond donors (Lipinski definition) is 3. The Morgan fingerprint density at radius 3 is 2.21 bits per heavy atom. The molecule has 0 saturated heterocycles. The number of phenols is 2. The zero-order chi connectivity index (χ0) is 20.0. The number of anilines is 2. The van der Waals surface area contributed by atoms with E-state index >= 15 is 0 Å². The van der Waals surface area contributed by atoms with E-state index in [1.54, 1.807) is 30.3 Å². The van der Waals surface area contributed by atoms with E-state index in [-0.39, 0.29) is 33.7 Å². The van der Waals surface area contributed by atoms with Gasteiger partial charge < -0.3 is 15.5 Å². The first-order valence-electron chi connectivity index (χ1n) is 8.17. The van der Waals surface area contributed by atoms with Crippen LogP contribution >= 0.6 is 0 Å². The molecule has 4 rings (SSSR count). The van der Waals surface area contributed by atoms with Crippen LogP contribution in [-0.2, 0) is 0 Å². The summed E-state index contributed by atoms with van der Waals surface area (Å²) in [7, 11) is 0. The molecule has 8 heteroatoms. The zero-order valence-corrected chi connectivity index (χ0v) is 14.2. The van der Waals surface area contributed by atoms with Crippen molar-refractivity contribution in [3.8, 4) is 11.5 Å². The van der Waals surface area contributed by atoms with Crippen molar-refractivity contribution in [2.75, 3.05) is 5.32 Å². The molecule has 0 aromatic heterocycles. The number of nitro benzene ring substituents is 1. The predicted molar refractivity (Wildman–Crippen MR) is 99.5 cm³/mol. The van der Waals surface area contributed by atoms with Crippen LogP contribution < -0.4 is 5.32 Å². The lowest BCUT2D eigenvalue weighted by Crippen LogP contribution is -2.23. The van der Waals surface area contributed by atoms with E-state index in [1.165, 1.54) is 12.1 Å². The molecule has 0 radical (unpaired) electrons. The number of aromatic hydroxyl groups is 2. The van der Waals surface area contributed by atoms with Crippen LogP contribution in [0.15, 0.2) is 54.6 Å². The van der Waals surface area contributed by atoms with Crippen LogP contribution in [0.5, 0.6) is 11.5 Å². The van der Waals surface area contributed by atoms with E-state index in [0.717, 1.165) is 12.1 Å². The summed E-state index contributed by atoms with van der Waals surface area (Å²) in [4.78, 5) is 36.8. The minimum absolute atomic E-state index is 0.00474. The second-order valence-corrected chi connectivity index (χ2v) is 6.18. The maximum absolute atomic E-state index is 13.1. The highest BCUT2D eigenvalue weighted by molar-refractivity contribution is 6.31. The molecule has 0 heterocycles. The quantitative estimate of drug-likeness (QED) is 0.283. The first kappa shape index (κ1) is 17.2. The second kappa shape index (κ2) is 6.20. The predicted octanol–water partition coefficient (Wildman–Crippen LogP) is 3.53. The van der Waals surface area contributed by atoms with Crippen molar-refractivity contribution in [2.45, 2.75) is 0 Å². The van der Waals surface area contributed by atoms with Crippen LogP contribution in [0.25, 0.3) is 0 Å². The summed E-state index contributed by atoms with van der Waals surface area (Å²) >= 11 is 0. The SMILES string of the molecule is O=C1c2ccc(O)cc2C(=O)c2c(Nc3ccccc3)c([N+](=O)[O-])cc(O)c21. The van der Waals surface area contributed by atoms with Crippen LogP contribution in [0.1, 0.15) is 31.8 Å². The molecule has 3 aromatic carbocycles. The monoisotopic (exact) mass is 376 g/mol. The first-order valence-corrected chi connectivity index (χ1v) is 8.17. The third-order valence-electron chi connectivity index (χ3n) is 4.47. The van der Waals surface area contributed by atoms with Gasteiger partial charge in [0.2, 0.25) is 0 Å². The lowest BCUT2D eigenvalue weighted by molar-refractivity contribution is -0.384. The van der Waals surface area contributed by atoms with Gasteiger partial charge in [-0.05, 0) is 30.3 Å². The van der Waals surface area contributed by atoms with Crippen LogP contribution in [0.3, 0.4) is 0 Å². The number of para-hydroxylation sites is 1. The number of hydrogen-bond acceptors (Lipinski definition) is 7. The largest absolute Gasteiger partial charge is 0.508 e. The smallest absolute Gasteiger partial charge is 0.297 e. The summed E-state index contributed by atoms with van der Waals surface area (Å²) in [5.41, 5.74) is -0.994. The minimum Gasteiger partial charge on any atom is -0.508 e. The molecule has 0 spiro atoms. The van der Waals surface area contributed by atoms with E-state index in [0.29, 0.717) is 5.69 Å². The number of nitrogens with one attached hydrogen (secondary N) is 1. The van der Waals surface area contributed by atoms with Crippen molar-refractivity contribution in [3.63, 3.8) is 0 Å². The van der Waals surface area contributed by atoms with Crippen LogP contribution in [0.2, 0.25) is 0 Å². The number of carbonyl (C=O) groups is 2. The Labute approximate surface area is 157 Å². The molecule has 3 aromatic rings. The minimum atomic E-state index is -0.749. The molecule has 0 unspecified atom stereocenters. The molecule has 3 N–H and O–H groups in total. The highest BCUT2D eigenvalue weighted by Crippen LogP contribution is 2.43. The number of benzene rings is 3. The van der Waals surface area contributed by atoms with Crippen molar-refractivity contribution in [3.05, 3.63) is 87.0 Å². The number of fused-ring (bicyclic) bond motifs is 2. The van der Waals surface area contributed by atoms with Gasteiger partial charge in [0.25, 0.3) is 5.69 Å². The fourth-order valence-electron chi connectivity index (χ4n) is 3.24. The number of ketones is 2. The molecule has 0 atom stereocenters. The second-order valence-electron chi connectivity index (χ2n) is 6.18. The molecule has 8 nitrogen and oxygen atoms in total. The van der Waals surface area contributed by atoms with E-state index < -0.39 is 27.9 Å². The topological polar surface area (TPSA) is 130 Å². The van der Waals surface area contributed by atoms with E-state index in [9.17, 15) is 29.9 Å². The Morgan fingerprint density at radius 2 is 1.54 bits per heavy atom. The van der Waals surface area contributed by atoms with E-state index in [2.05, 4.69) is 5.32 Å². The highest BCUT2D eigenvalue weighted by atomic mass is 16.6. The number of phenolic OH excluding ortho intramolecular Hbond substituents is 2. The fourth-order valence-corrected chi connectivity index (χ4v) is 3.24. The third kappa shape index (κ3) is 2.55. The summed E-state index contributed by atoms with van der Waals surface area (Å²) < 4.78 is 0. The average Bonchev–Trinajstić information content (AvgIpc) is 2.67. The summed E-state index contributed by atoms with van der Waals surface area (Å²) in [5.74, 6) is -2.25. The molecule has 1 aliphatic carbocycles. The fraction of sp³-hybridized carbons (Fsp3) is 0. The number of nitro groups is 1. The molecule has 0 fully saturated rings. The summed E-state index contributed by atoms with van der Waals surface area (Å²) in [6.07, 6.45) is 0. The Hall–Kier alpha value is -4.20. The Balaban J connectivity index is 2.03. The Kier molecular flexibility index (Phi) is 3.82. The van der Waals surface area contributed by atoms with Gasteiger partial charge in [-0.25, -0.2) is 0 Å². The molecule has 0 amide bonds. The van der Waals surface area contributed by atoms with Crippen molar-refractivity contribution in [1.82, 2.24) is 0 Å². The molecule has 0 bridgehead atoms. The molecule has 1 aliphatic rings. The highest BCUT2D eigenvalue weighted by Gasteiger charge is 2.38.